The van der Waals surface area contributed by atoms with Crippen LogP contribution < -0.4 is 39.4 Å². The van der Waals surface area contributed by atoms with Crippen molar-refractivity contribution in [2.75, 3.05) is 6.61 Å². The molecule has 0 atom stereocenters. The maximum atomic E-state index is 11.9. The number of ether oxygens (including phenoxy) is 1. The summed E-state index contributed by atoms with van der Waals surface area (Å²) in [6.45, 7) is 1.99. The molecule has 1 aliphatic carbocycles. The molecule has 0 aliphatic heterocycles. The molecule has 0 amide bonds. The number of carbonyl (C=O) groups is 2. The number of rotatable bonds is 5. The Bertz CT molecular complexity index is 602. The molecular formula is C16H15NaO4. The Morgan fingerprint density at radius 3 is 2.71 bits per heavy atom. The van der Waals surface area contributed by atoms with Crippen LogP contribution in [0.3, 0.4) is 0 Å². The third kappa shape index (κ3) is 4.84. The van der Waals surface area contributed by atoms with Gasteiger partial charge in [0.1, 0.15) is 12.4 Å². The van der Waals surface area contributed by atoms with Crippen molar-refractivity contribution in [3.05, 3.63) is 53.1 Å². The number of hydrogen-bond acceptors (Lipinski definition) is 4. The number of aryl methyl sites for hydroxylation is 1. The first-order valence-electron chi connectivity index (χ1n) is 6.38. The number of aliphatic carboxylic acids is 1. The molecule has 0 saturated heterocycles. The molecule has 0 bridgehead atoms. The molecular weight excluding hydrogens is 279 g/mol. The fourth-order valence-electron chi connectivity index (χ4n) is 2.07. The van der Waals surface area contributed by atoms with Crippen molar-refractivity contribution in [3.63, 3.8) is 0 Å². The first-order valence-corrected chi connectivity index (χ1v) is 6.38. The summed E-state index contributed by atoms with van der Waals surface area (Å²) < 4.78 is 5.63. The van der Waals surface area contributed by atoms with E-state index in [1.165, 1.54) is 0 Å². The van der Waals surface area contributed by atoms with Crippen molar-refractivity contribution in [1.82, 2.24) is 0 Å². The molecule has 0 fully saturated rings. The van der Waals surface area contributed by atoms with Crippen LogP contribution in [0.2, 0.25) is 0 Å². The summed E-state index contributed by atoms with van der Waals surface area (Å²) in [5.41, 5.74) is 1.85. The minimum atomic E-state index is -1.20. The quantitative estimate of drug-likeness (QED) is 0.610. The zero-order chi connectivity index (χ0) is 14.5. The molecule has 0 unspecified atom stereocenters. The predicted octanol–water partition coefficient (Wildman–Crippen LogP) is -1.66. The van der Waals surface area contributed by atoms with Gasteiger partial charge in [-0.1, -0.05) is 30.4 Å². The van der Waals surface area contributed by atoms with Crippen molar-refractivity contribution in [3.8, 4) is 5.75 Å². The van der Waals surface area contributed by atoms with E-state index in [0.717, 1.165) is 5.56 Å². The summed E-state index contributed by atoms with van der Waals surface area (Å²) in [6.07, 6.45) is 3.34. The van der Waals surface area contributed by atoms with Crippen LogP contribution in [0, 0.1) is 6.92 Å². The van der Waals surface area contributed by atoms with E-state index in [9.17, 15) is 14.7 Å². The second kappa shape index (κ2) is 8.17. The van der Waals surface area contributed by atoms with Gasteiger partial charge in [-0.2, -0.15) is 0 Å². The SMILES string of the molecule is Cc1ccccc1OCC1=C(CC(=O)[O-])C=CCC1=O.[Na+]. The Balaban J connectivity index is 0.00000220. The average molecular weight is 294 g/mol. The number of carbonyl (C=O) groups excluding carboxylic acids is 2. The van der Waals surface area contributed by atoms with Crippen LogP contribution in [-0.4, -0.2) is 18.4 Å². The van der Waals surface area contributed by atoms with E-state index in [-0.39, 0.29) is 54.8 Å². The van der Waals surface area contributed by atoms with Gasteiger partial charge in [0.2, 0.25) is 0 Å². The number of Topliss-reactive ketones (excluding diaryl/α,β-unsaturated/α-hetero) is 1. The third-order valence-electron chi connectivity index (χ3n) is 3.15. The molecule has 0 radical (unpaired) electrons. The molecule has 0 spiro atoms. The van der Waals surface area contributed by atoms with Crippen LogP contribution in [0.15, 0.2) is 47.6 Å². The number of carboxylic acids is 1. The van der Waals surface area contributed by atoms with Crippen LogP contribution in [0.25, 0.3) is 0 Å². The molecule has 2 rings (SSSR count). The Morgan fingerprint density at radius 2 is 2.05 bits per heavy atom. The number of allylic oxidation sites excluding steroid dienone is 2. The first kappa shape index (κ1) is 17.7. The van der Waals surface area contributed by atoms with Gasteiger partial charge < -0.3 is 14.6 Å². The molecule has 21 heavy (non-hydrogen) atoms. The molecule has 1 aromatic carbocycles. The standard InChI is InChI=1S/C16H16O4.Na/c1-11-5-2-3-8-15(11)20-10-13-12(9-16(18)19)6-4-7-14(13)17;/h2-6,8H,7,9-10H2,1H3,(H,18,19);/q;+1/p-1. The monoisotopic (exact) mass is 294 g/mol. The van der Waals surface area contributed by atoms with Crippen molar-refractivity contribution in [2.24, 2.45) is 0 Å². The van der Waals surface area contributed by atoms with Crippen molar-refractivity contribution in [2.45, 2.75) is 19.8 Å². The van der Waals surface area contributed by atoms with E-state index in [2.05, 4.69) is 0 Å². The van der Waals surface area contributed by atoms with Gasteiger partial charge in [0.15, 0.2) is 5.78 Å². The Morgan fingerprint density at radius 1 is 1.33 bits per heavy atom. The number of hydrogen-bond donors (Lipinski definition) is 0. The van der Waals surface area contributed by atoms with E-state index < -0.39 is 5.97 Å². The van der Waals surface area contributed by atoms with Crippen molar-refractivity contribution < 1.29 is 49.0 Å². The molecule has 1 aromatic rings. The van der Waals surface area contributed by atoms with Gasteiger partial charge in [-0.25, -0.2) is 0 Å². The van der Waals surface area contributed by atoms with E-state index in [4.69, 9.17) is 4.74 Å². The van der Waals surface area contributed by atoms with E-state index in [1.54, 1.807) is 12.2 Å². The summed E-state index contributed by atoms with van der Waals surface area (Å²) >= 11 is 0. The zero-order valence-corrected chi connectivity index (χ0v) is 14.2. The van der Waals surface area contributed by atoms with Crippen LogP contribution in [0.1, 0.15) is 18.4 Å². The van der Waals surface area contributed by atoms with Gasteiger partial charge in [0.05, 0.1) is 0 Å². The number of ketones is 1. The van der Waals surface area contributed by atoms with E-state index in [1.807, 2.05) is 31.2 Å². The summed E-state index contributed by atoms with van der Waals surface area (Å²) in [5, 5.41) is 10.7. The van der Waals surface area contributed by atoms with Gasteiger partial charge in [-0.3, -0.25) is 4.79 Å². The minimum absolute atomic E-state index is 0. The normalized spacial score (nSPS) is 13.9. The Kier molecular flexibility index (Phi) is 6.89. The number of benzene rings is 1. The maximum absolute atomic E-state index is 11.9. The first-order chi connectivity index (χ1) is 9.58. The molecule has 0 N–H and O–H groups in total. The summed E-state index contributed by atoms with van der Waals surface area (Å²) in [6, 6.07) is 7.48. The molecule has 0 aromatic heterocycles. The van der Waals surface area contributed by atoms with Crippen LogP contribution in [-0.2, 0) is 9.59 Å². The molecule has 0 saturated carbocycles. The summed E-state index contributed by atoms with van der Waals surface area (Å²) in [4.78, 5) is 22.6. The van der Waals surface area contributed by atoms with Gasteiger partial charge in [0.25, 0.3) is 0 Å². The van der Waals surface area contributed by atoms with Crippen LogP contribution in [0.4, 0.5) is 0 Å². The summed E-state index contributed by atoms with van der Waals surface area (Å²) in [5.74, 6) is -0.611. The minimum Gasteiger partial charge on any atom is -0.550 e. The predicted molar refractivity (Wildman–Crippen MR) is 72.1 cm³/mol. The molecule has 5 heteroatoms. The van der Waals surface area contributed by atoms with Gasteiger partial charge >= 0.3 is 29.6 Å². The third-order valence-corrected chi connectivity index (χ3v) is 3.15. The van der Waals surface area contributed by atoms with Crippen molar-refractivity contribution in [1.29, 1.82) is 0 Å². The molecule has 1 aliphatic rings. The molecule has 4 nitrogen and oxygen atoms in total. The molecule has 0 heterocycles. The summed E-state index contributed by atoms with van der Waals surface area (Å²) in [7, 11) is 0. The maximum Gasteiger partial charge on any atom is 1.00 e. The van der Waals surface area contributed by atoms with E-state index >= 15 is 0 Å². The largest absolute Gasteiger partial charge is 1.00 e. The second-order valence-electron chi connectivity index (χ2n) is 4.64. The van der Waals surface area contributed by atoms with Crippen LogP contribution >= 0.6 is 0 Å². The second-order valence-corrected chi connectivity index (χ2v) is 4.64. The number of para-hydroxylation sites is 1. The smallest absolute Gasteiger partial charge is 0.550 e. The zero-order valence-electron chi connectivity index (χ0n) is 12.2. The Labute approximate surface area is 145 Å². The fraction of sp³-hybridized carbons (Fsp3) is 0.250. The number of carboxylic acid groups (broad SMARTS) is 1. The Hall–Kier alpha value is -1.36. The van der Waals surface area contributed by atoms with Crippen molar-refractivity contribution >= 4 is 11.8 Å². The topological polar surface area (TPSA) is 66.4 Å². The molecule has 104 valence electrons. The van der Waals surface area contributed by atoms with Gasteiger partial charge in [-0.05, 0) is 24.1 Å². The van der Waals surface area contributed by atoms with E-state index in [0.29, 0.717) is 16.9 Å². The van der Waals surface area contributed by atoms with Crippen LogP contribution in [0.5, 0.6) is 5.75 Å². The fourth-order valence-corrected chi connectivity index (χ4v) is 2.07. The average Bonchev–Trinajstić information content (AvgIpc) is 2.39. The van der Waals surface area contributed by atoms with Gasteiger partial charge in [0, 0.05) is 24.4 Å². The van der Waals surface area contributed by atoms with Gasteiger partial charge in [-0.15, -0.1) is 0 Å².